The molecule has 0 saturated carbocycles. The fourth-order valence-electron chi connectivity index (χ4n) is 1.83. The molecular formula is C13H22N2O2S. The summed E-state index contributed by atoms with van der Waals surface area (Å²) in [4.78, 5) is 2.60. The number of anilines is 1. The Kier molecular flexibility index (Phi) is 5.62. The van der Waals surface area contributed by atoms with Gasteiger partial charge in [-0.05, 0) is 43.7 Å². The highest BCUT2D eigenvalue weighted by Gasteiger charge is 2.09. The molecule has 1 aromatic rings. The molecule has 0 heterocycles. The molecule has 4 nitrogen and oxygen atoms in total. The van der Waals surface area contributed by atoms with Crippen molar-refractivity contribution in [2.75, 3.05) is 30.8 Å². The number of rotatable bonds is 7. The quantitative estimate of drug-likeness (QED) is 0.818. The zero-order valence-corrected chi connectivity index (χ0v) is 11.9. The van der Waals surface area contributed by atoms with Gasteiger partial charge in [0.2, 0.25) is 0 Å². The summed E-state index contributed by atoms with van der Waals surface area (Å²) >= 11 is 0. The maximum atomic E-state index is 11.4. The molecule has 0 bridgehead atoms. The second-order valence-electron chi connectivity index (χ2n) is 4.40. The number of nitrogens with two attached hydrogens (primary N) is 1. The van der Waals surface area contributed by atoms with E-state index in [1.807, 2.05) is 12.1 Å². The first-order chi connectivity index (χ1) is 8.49. The van der Waals surface area contributed by atoms with Crippen LogP contribution in [0.1, 0.15) is 19.8 Å². The molecule has 2 N–H and O–H groups in total. The Morgan fingerprint density at radius 2 is 1.78 bits per heavy atom. The molecule has 0 fully saturated rings. The Bertz CT molecular complexity index is 454. The molecule has 0 aromatic heterocycles. The zero-order valence-electron chi connectivity index (χ0n) is 11.1. The molecule has 0 aliphatic carbocycles. The normalized spacial score (nSPS) is 11.5. The van der Waals surface area contributed by atoms with Crippen LogP contribution in [0.25, 0.3) is 0 Å². The van der Waals surface area contributed by atoms with Crippen LogP contribution in [0, 0.1) is 0 Å². The molecule has 1 aromatic carbocycles. The minimum atomic E-state index is -3.11. The maximum absolute atomic E-state index is 11.4. The highest BCUT2D eigenvalue weighted by molar-refractivity contribution is 7.90. The molecule has 0 atom stereocenters. The summed E-state index contributed by atoms with van der Waals surface area (Å²) in [5, 5.41) is 0. The van der Waals surface area contributed by atoms with Gasteiger partial charge in [0.1, 0.15) is 0 Å². The van der Waals surface area contributed by atoms with Gasteiger partial charge in [0, 0.05) is 25.0 Å². The van der Waals surface area contributed by atoms with Crippen LogP contribution in [0.2, 0.25) is 0 Å². The van der Waals surface area contributed by atoms with E-state index in [0.29, 0.717) is 11.4 Å². The highest BCUT2D eigenvalue weighted by Crippen LogP contribution is 2.18. The summed E-state index contributed by atoms with van der Waals surface area (Å²) in [6, 6.07) is 7.05. The van der Waals surface area contributed by atoms with E-state index in [4.69, 9.17) is 5.73 Å². The number of benzene rings is 1. The molecule has 0 radical (unpaired) electrons. The average molecular weight is 270 g/mol. The lowest BCUT2D eigenvalue weighted by atomic mass is 10.2. The standard InChI is InChI=1S/C13H22N2O2S/c1-3-10-15(11-4-9-14)12-5-7-13(8-6-12)18(2,16)17/h5-8H,3-4,9-11,14H2,1-2H3. The third-order valence-electron chi connectivity index (χ3n) is 2.76. The van der Waals surface area contributed by atoms with Crippen LogP contribution >= 0.6 is 0 Å². The Labute approximate surface area is 110 Å². The first-order valence-corrected chi connectivity index (χ1v) is 8.13. The maximum Gasteiger partial charge on any atom is 0.175 e. The summed E-state index contributed by atoms with van der Waals surface area (Å²) in [6.07, 6.45) is 3.21. The minimum Gasteiger partial charge on any atom is -0.371 e. The lowest BCUT2D eigenvalue weighted by molar-refractivity contribution is 0.602. The van der Waals surface area contributed by atoms with Crippen LogP contribution < -0.4 is 10.6 Å². The van der Waals surface area contributed by atoms with Gasteiger partial charge in [-0.1, -0.05) is 6.92 Å². The average Bonchev–Trinajstić information content (AvgIpc) is 2.33. The zero-order chi connectivity index (χ0) is 13.6. The summed E-state index contributed by atoms with van der Waals surface area (Å²) in [5.74, 6) is 0. The molecule has 18 heavy (non-hydrogen) atoms. The predicted molar refractivity (Wildman–Crippen MR) is 75.7 cm³/mol. The van der Waals surface area contributed by atoms with Crippen molar-refractivity contribution in [2.24, 2.45) is 5.73 Å². The van der Waals surface area contributed by atoms with Crippen molar-refractivity contribution >= 4 is 15.5 Å². The third kappa shape index (κ3) is 4.31. The summed E-state index contributed by atoms with van der Waals surface area (Å²) in [6.45, 7) is 4.66. The van der Waals surface area contributed by atoms with Gasteiger partial charge in [0.05, 0.1) is 4.90 Å². The Morgan fingerprint density at radius 3 is 2.22 bits per heavy atom. The molecule has 0 unspecified atom stereocenters. The molecule has 0 spiro atoms. The van der Waals surface area contributed by atoms with Crippen molar-refractivity contribution in [2.45, 2.75) is 24.7 Å². The van der Waals surface area contributed by atoms with Crippen molar-refractivity contribution in [3.05, 3.63) is 24.3 Å². The van der Waals surface area contributed by atoms with E-state index in [1.165, 1.54) is 6.26 Å². The first kappa shape index (κ1) is 15.0. The number of nitrogens with zero attached hydrogens (tertiary/aromatic N) is 1. The van der Waals surface area contributed by atoms with Crippen LogP contribution in [0.5, 0.6) is 0 Å². The number of hydrogen-bond donors (Lipinski definition) is 1. The molecular weight excluding hydrogens is 248 g/mol. The largest absolute Gasteiger partial charge is 0.371 e. The van der Waals surface area contributed by atoms with Gasteiger partial charge in [0.15, 0.2) is 9.84 Å². The molecule has 0 aliphatic rings. The van der Waals surface area contributed by atoms with E-state index in [0.717, 1.165) is 31.6 Å². The van der Waals surface area contributed by atoms with Gasteiger partial charge in [-0.25, -0.2) is 8.42 Å². The van der Waals surface area contributed by atoms with E-state index in [2.05, 4.69) is 11.8 Å². The van der Waals surface area contributed by atoms with Crippen LogP contribution in [-0.4, -0.2) is 34.3 Å². The third-order valence-corrected chi connectivity index (χ3v) is 3.88. The Balaban J connectivity index is 2.86. The number of sulfone groups is 1. The van der Waals surface area contributed by atoms with Gasteiger partial charge in [-0.3, -0.25) is 0 Å². The van der Waals surface area contributed by atoms with E-state index in [9.17, 15) is 8.42 Å². The summed E-state index contributed by atoms with van der Waals surface area (Å²) < 4.78 is 22.8. The first-order valence-electron chi connectivity index (χ1n) is 6.24. The topological polar surface area (TPSA) is 63.4 Å². The van der Waals surface area contributed by atoms with Crippen LogP contribution in [0.15, 0.2) is 29.2 Å². The van der Waals surface area contributed by atoms with E-state index in [-0.39, 0.29) is 0 Å². The fraction of sp³-hybridized carbons (Fsp3) is 0.538. The summed E-state index contributed by atoms with van der Waals surface area (Å²) in [5.41, 5.74) is 6.58. The van der Waals surface area contributed by atoms with E-state index in [1.54, 1.807) is 12.1 Å². The minimum absolute atomic E-state index is 0.363. The van der Waals surface area contributed by atoms with Crippen molar-refractivity contribution < 1.29 is 8.42 Å². The molecule has 0 amide bonds. The second-order valence-corrected chi connectivity index (χ2v) is 6.41. The van der Waals surface area contributed by atoms with Crippen molar-refractivity contribution in [3.63, 3.8) is 0 Å². The fourth-order valence-corrected chi connectivity index (χ4v) is 2.46. The second kappa shape index (κ2) is 6.75. The molecule has 5 heteroatoms. The molecule has 0 saturated heterocycles. The SMILES string of the molecule is CCCN(CCCN)c1ccc(S(C)(=O)=O)cc1. The van der Waals surface area contributed by atoms with Crippen molar-refractivity contribution in [3.8, 4) is 0 Å². The van der Waals surface area contributed by atoms with Gasteiger partial charge >= 0.3 is 0 Å². The van der Waals surface area contributed by atoms with Gasteiger partial charge in [0.25, 0.3) is 0 Å². The van der Waals surface area contributed by atoms with Crippen LogP contribution in [0.4, 0.5) is 5.69 Å². The van der Waals surface area contributed by atoms with Gasteiger partial charge < -0.3 is 10.6 Å². The lowest BCUT2D eigenvalue weighted by Crippen LogP contribution is -2.26. The highest BCUT2D eigenvalue weighted by atomic mass is 32.2. The van der Waals surface area contributed by atoms with Crippen LogP contribution in [0.3, 0.4) is 0 Å². The smallest absolute Gasteiger partial charge is 0.175 e. The van der Waals surface area contributed by atoms with Crippen molar-refractivity contribution in [1.82, 2.24) is 0 Å². The Morgan fingerprint density at radius 1 is 1.17 bits per heavy atom. The van der Waals surface area contributed by atoms with Gasteiger partial charge in [-0.15, -0.1) is 0 Å². The van der Waals surface area contributed by atoms with Gasteiger partial charge in [-0.2, -0.15) is 0 Å². The lowest BCUT2D eigenvalue weighted by Gasteiger charge is -2.24. The molecule has 0 aliphatic heterocycles. The van der Waals surface area contributed by atoms with Crippen LogP contribution in [-0.2, 0) is 9.84 Å². The predicted octanol–water partition coefficient (Wildman–Crippen LogP) is 1.66. The summed E-state index contributed by atoms with van der Waals surface area (Å²) in [7, 11) is -3.11. The van der Waals surface area contributed by atoms with Crippen molar-refractivity contribution in [1.29, 1.82) is 0 Å². The van der Waals surface area contributed by atoms with E-state index >= 15 is 0 Å². The Hall–Kier alpha value is -1.07. The van der Waals surface area contributed by atoms with E-state index < -0.39 is 9.84 Å². The monoisotopic (exact) mass is 270 g/mol. The number of hydrogen-bond acceptors (Lipinski definition) is 4. The molecule has 1 rings (SSSR count). The molecule has 102 valence electrons.